The first-order chi connectivity index (χ1) is 14.2. The van der Waals surface area contributed by atoms with E-state index >= 15 is 0 Å². The van der Waals surface area contributed by atoms with Gasteiger partial charge in [-0.3, -0.25) is 9.36 Å². The van der Waals surface area contributed by atoms with Gasteiger partial charge in [-0.25, -0.2) is 0 Å². The smallest absolute Gasteiger partial charge is 0.352 e. The van der Waals surface area contributed by atoms with Gasteiger partial charge >= 0.3 is 7.60 Å². The number of carbonyl (C=O) groups is 1. The van der Waals surface area contributed by atoms with Crippen LogP contribution in [-0.2, 0) is 18.4 Å². The van der Waals surface area contributed by atoms with Crippen molar-refractivity contribution in [1.82, 2.24) is 5.32 Å². The molecule has 0 radical (unpaired) electrons. The van der Waals surface area contributed by atoms with Crippen LogP contribution in [-0.4, -0.2) is 32.0 Å². The van der Waals surface area contributed by atoms with Gasteiger partial charge in [0.25, 0.3) is 0 Å². The molecule has 0 saturated carbocycles. The fourth-order valence-corrected chi connectivity index (χ4v) is 5.49. The van der Waals surface area contributed by atoms with E-state index in [9.17, 15) is 9.36 Å². The summed E-state index contributed by atoms with van der Waals surface area (Å²) in [5.74, 6) is -0.288. The Kier molecular flexibility index (Phi) is 8.90. The third kappa shape index (κ3) is 6.07. The zero-order chi connectivity index (χ0) is 22.3. The maximum atomic E-state index is 13.3. The van der Waals surface area contributed by atoms with Crippen LogP contribution in [0.15, 0.2) is 36.4 Å². The second-order valence-corrected chi connectivity index (χ2v) is 9.94. The lowest BCUT2D eigenvalue weighted by molar-refractivity contribution is -0.122. The Morgan fingerprint density at radius 2 is 1.60 bits per heavy atom. The molecule has 1 amide bonds. The van der Waals surface area contributed by atoms with Gasteiger partial charge in [0.15, 0.2) is 0 Å². The molecular weight excluding hydrogens is 401 g/mol. The lowest BCUT2D eigenvalue weighted by atomic mass is 9.97. The number of nitrogens with one attached hydrogen (secondary N) is 1. The van der Waals surface area contributed by atoms with Crippen LogP contribution in [0.2, 0.25) is 0 Å². The van der Waals surface area contributed by atoms with E-state index in [4.69, 9.17) is 13.8 Å². The molecule has 166 valence electrons. The van der Waals surface area contributed by atoms with Crippen molar-refractivity contribution in [3.8, 4) is 5.75 Å². The molecule has 0 aliphatic heterocycles. The standard InChI is InChI=1S/C23H34NO5P/c1-7-28-30(26,29-8-2)22(13-16(3)4)24-23(25)17(5)18-9-10-20-15-21(27-6)12-11-19(20)14-18/h9-12,14-17,22H,7-8,13H2,1-6H3,(H,24,25)/t17-,22-/m1/s1. The molecule has 0 aliphatic rings. The van der Waals surface area contributed by atoms with Gasteiger partial charge in [0, 0.05) is 0 Å². The summed E-state index contributed by atoms with van der Waals surface area (Å²) < 4.78 is 29.6. The van der Waals surface area contributed by atoms with Gasteiger partial charge in [0.05, 0.1) is 26.2 Å². The Hall–Kier alpha value is -1.88. The van der Waals surface area contributed by atoms with E-state index in [1.807, 2.05) is 57.2 Å². The van der Waals surface area contributed by atoms with Gasteiger partial charge in [-0.2, -0.15) is 0 Å². The molecule has 0 aromatic heterocycles. The number of ether oxygens (including phenoxy) is 1. The van der Waals surface area contributed by atoms with Crippen LogP contribution in [0.1, 0.15) is 52.5 Å². The zero-order valence-corrected chi connectivity index (χ0v) is 19.7. The molecule has 0 unspecified atom stereocenters. The van der Waals surface area contributed by atoms with Crippen LogP contribution < -0.4 is 10.1 Å². The van der Waals surface area contributed by atoms with Gasteiger partial charge in [-0.1, -0.05) is 38.1 Å². The highest BCUT2D eigenvalue weighted by atomic mass is 31.2. The molecule has 6 nitrogen and oxygen atoms in total. The van der Waals surface area contributed by atoms with E-state index in [1.54, 1.807) is 21.0 Å². The Bertz CT molecular complexity index is 888. The Labute approximate surface area is 179 Å². The van der Waals surface area contributed by atoms with Crippen molar-refractivity contribution in [2.75, 3.05) is 20.3 Å². The number of carbonyl (C=O) groups excluding carboxylic acids is 1. The highest BCUT2D eigenvalue weighted by Gasteiger charge is 2.38. The van der Waals surface area contributed by atoms with Crippen molar-refractivity contribution >= 4 is 24.3 Å². The molecule has 0 fully saturated rings. The summed E-state index contributed by atoms with van der Waals surface area (Å²) in [5, 5.41) is 5.02. The average Bonchev–Trinajstić information content (AvgIpc) is 2.71. The van der Waals surface area contributed by atoms with Gasteiger partial charge < -0.3 is 19.1 Å². The van der Waals surface area contributed by atoms with Crippen LogP contribution in [0.5, 0.6) is 5.75 Å². The molecular formula is C23H34NO5P. The van der Waals surface area contributed by atoms with E-state index < -0.39 is 19.3 Å². The van der Waals surface area contributed by atoms with Crippen LogP contribution >= 0.6 is 7.60 Å². The van der Waals surface area contributed by atoms with E-state index in [0.29, 0.717) is 6.42 Å². The molecule has 0 heterocycles. The Morgan fingerprint density at radius 3 is 2.17 bits per heavy atom. The van der Waals surface area contributed by atoms with E-state index in [0.717, 1.165) is 22.1 Å². The number of hydrogen-bond donors (Lipinski definition) is 1. The second kappa shape index (κ2) is 10.9. The van der Waals surface area contributed by atoms with Crippen molar-refractivity contribution in [3.05, 3.63) is 42.0 Å². The lowest BCUT2D eigenvalue weighted by Gasteiger charge is -2.29. The third-order valence-corrected chi connectivity index (χ3v) is 7.31. The van der Waals surface area contributed by atoms with Crippen molar-refractivity contribution < 1.29 is 23.1 Å². The van der Waals surface area contributed by atoms with E-state index in [2.05, 4.69) is 5.32 Å². The maximum absolute atomic E-state index is 13.3. The number of benzene rings is 2. The monoisotopic (exact) mass is 435 g/mol. The molecule has 2 aromatic rings. The van der Waals surface area contributed by atoms with Gasteiger partial charge in [0.2, 0.25) is 5.91 Å². The topological polar surface area (TPSA) is 73.9 Å². The Morgan fingerprint density at radius 1 is 1.00 bits per heavy atom. The SMILES string of the molecule is CCOP(=O)(OCC)[C@H](CC(C)C)NC(=O)[C@H](C)c1ccc2cc(OC)ccc2c1. The molecule has 0 saturated heterocycles. The predicted octanol–water partition coefficient (Wildman–Crippen LogP) is 5.71. The first kappa shape index (κ1) is 24.4. The summed E-state index contributed by atoms with van der Waals surface area (Å²) in [6, 6.07) is 11.8. The summed E-state index contributed by atoms with van der Waals surface area (Å²) in [4.78, 5) is 13.1. The normalized spacial score (nSPS) is 14.0. The number of rotatable bonds is 11. The molecule has 1 N–H and O–H groups in total. The first-order valence-electron chi connectivity index (χ1n) is 10.5. The number of methoxy groups -OCH3 is 1. The van der Waals surface area contributed by atoms with Crippen molar-refractivity contribution in [2.45, 2.75) is 52.7 Å². The van der Waals surface area contributed by atoms with Gasteiger partial charge in [-0.05, 0) is 61.6 Å². The fourth-order valence-electron chi connectivity index (χ4n) is 3.37. The minimum atomic E-state index is -3.46. The third-order valence-electron chi connectivity index (χ3n) is 4.97. The highest BCUT2D eigenvalue weighted by Crippen LogP contribution is 2.54. The van der Waals surface area contributed by atoms with Crippen molar-refractivity contribution in [3.63, 3.8) is 0 Å². The highest BCUT2D eigenvalue weighted by molar-refractivity contribution is 7.54. The van der Waals surface area contributed by atoms with Crippen LogP contribution in [0.3, 0.4) is 0 Å². The Balaban J connectivity index is 2.25. The van der Waals surface area contributed by atoms with Crippen LogP contribution in [0.25, 0.3) is 10.8 Å². The van der Waals surface area contributed by atoms with E-state index in [1.165, 1.54) is 0 Å². The zero-order valence-electron chi connectivity index (χ0n) is 18.8. The molecule has 0 aliphatic carbocycles. The predicted molar refractivity (Wildman–Crippen MR) is 121 cm³/mol. The second-order valence-electron chi connectivity index (χ2n) is 7.72. The number of hydrogen-bond acceptors (Lipinski definition) is 5. The molecule has 30 heavy (non-hydrogen) atoms. The van der Waals surface area contributed by atoms with E-state index in [-0.39, 0.29) is 25.0 Å². The summed E-state index contributed by atoms with van der Waals surface area (Å²) >= 11 is 0. The van der Waals surface area contributed by atoms with Crippen LogP contribution in [0.4, 0.5) is 0 Å². The lowest BCUT2D eigenvalue weighted by Crippen LogP contribution is -2.39. The van der Waals surface area contributed by atoms with Gasteiger partial charge in [0.1, 0.15) is 11.5 Å². The summed E-state index contributed by atoms with van der Waals surface area (Å²) in [6.45, 7) is 9.93. The largest absolute Gasteiger partial charge is 0.497 e. The van der Waals surface area contributed by atoms with Crippen molar-refractivity contribution in [2.24, 2.45) is 5.92 Å². The minimum Gasteiger partial charge on any atom is -0.497 e. The van der Waals surface area contributed by atoms with Crippen LogP contribution in [0, 0.1) is 5.92 Å². The molecule has 2 atom stereocenters. The molecule has 7 heteroatoms. The molecule has 2 rings (SSSR count). The minimum absolute atomic E-state index is 0.201. The number of fused-ring (bicyclic) bond motifs is 1. The quantitative estimate of drug-likeness (QED) is 0.458. The summed E-state index contributed by atoms with van der Waals surface area (Å²) in [7, 11) is -1.83. The first-order valence-corrected chi connectivity index (χ1v) is 12.1. The van der Waals surface area contributed by atoms with Gasteiger partial charge in [-0.15, -0.1) is 0 Å². The number of amides is 1. The summed E-state index contributed by atoms with van der Waals surface area (Å²) in [6.07, 6.45) is 0.507. The molecule has 2 aromatic carbocycles. The molecule has 0 bridgehead atoms. The maximum Gasteiger partial charge on any atom is 0.352 e. The van der Waals surface area contributed by atoms with Crippen molar-refractivity contribution in [1.29, 1.82) is 0 Å². The fraction of sp³-hybridized carbons (Fsp3) is 0.522. The average molecular weight is 436 g/mol. The molecule has 0 spiro atoms. The summed E-state index contributed by atoms with van der Waals surface area (Å²) in [5.41, 5.74) is 0.885.